The van der Waals surface area contributed by atoms with Gasteiger partial charge in [-0.25, -0.2) is 0 Å². The first kappa shape index (κ1) is 20.8. The third kappa shape index (κ3) is 5.19. The Labute approximate surface area is 187 Å². The van der Waals surface area contributed by atoms with Crippen molar-refractivity contribution in [3.8, 4) is 0 Å². The molecule has 4 rings (SSSR count). The molecule has 0 spiro atoms. The van der Waals surface area contributed by atoms with Crippen LogP contribution in [0.25, 0.3) is 11.6 Å². The fourth-order valence-electron chi connectivity index (χ4n) is 3.47. The Kier molecular flexibility index (Phi) is 6.43. The highest BCUT2D eigenvalue weighted by Gasteiger charge is 2.12. The van der Waals surface area contributed by atoms with Gasteiger partial charge >= 0.3 is 0 Å². The van der Waals surface area contributed by atoms with Crippen LogP contribution in [0.5, 0.6) is 0 Å². The first-order chi connectivity index (χ1) is 15.1. The number of anilines is 2. The smallest absolute Gasteiger partial charge is 0.221 e. The number of carbonyl (C=O) groups excluding carboxylic acids is 1. The third-order valence-electron chi connectivity index (χ3n) is 4.98. The summed E-state index contributed by atoms with van der Waals surface area (Å²) >= 11 is 1.71. The van der Waals surface area contributed by atoms with E-state index in [9.17, 15) is 4.79 Å². The summed E-state index contributed by atoms with van der Waals surface area (Å²) in [5.41, 5.74) is 5.55. The Morgan fingerprint density at radius 2 is 1.74 bits per heavy atom. The van der Waals surface area contributed by atoms with E-state index in [1.165, 1.54) is 23.1 Å². The lowest BCUT2D eigenvalue weighted by atomic mass is 10.0. The molecule has 3 aromatic rings. The van der Waals surface area contributed by atoms with Gasteiger partial charge in [0, 0.05) is 46.9 Å². The maximum absolute atomic E-state index is 11.2. The minimum atomic E-state index is -0.0639. The number of nitrogens with zero attached hydrogens (tertiary/aromatic N) is 1. The van der Waals surface area contributed by atoms with Crippen molar-refractivity contribution in [2.45, 2.75) is 16.7 Å². The zero-order chi connectivity index (χ0) is 21.6. The van der Waals surface area contributed by atoms with Gasteiger partial charge in [0.05, 0.1) is 6.67 Å². The lowest BCUT2D eigenvalue weighted by Crippen LogP contribution is -2.26. The quantitative estimate of drug-likeness (QED) is 0.536. The molecule has 3 aromatic carbocycles. The largest absolute Gasteiger partial charge is 0.373 e. The second-order valence-electron chi connectivity index (χ2n) is 7.36. The number of carbonyl (C=O) groups is 1. The molecule has 2 N–H and O–H groups in total. The van der Waals surface area contributed by atoms with E-state index in [4.69, 9.17) is 0 Å². The summed E-state index contributed by atoms with van der Waals surface area (Å²) in [4.78, 5) is 15.7. The second kappa shape index (κ2) is 9.58. The van der Waals surface area contributed by atoms with Gasteiger partial charge in [0.15, 0.2) is 0 Å². The van der Waals surface area contributed by atoms with Gasteiger partial charge in [-0.3, -0.25) is 4.79 Å². The molecular weight excluding hydrogens is 402 g/mol. The Hall–Kier alpha value is -3.44. The van der Waals surface area contributed by atoms with Gasteiger partial charge in [-0.05, 0) is 47.5 Å². The van der Waals surface area contributed by atoms with E-state index in [1.807, 2.05) is 24.3 Å². The van der Waals surface area contributed by atoms with Crippen LogP contribution in [0.4, 0.5) is 11.4 Å². The number of amides is 1. The molecule has 1 aliphatic heterocycles. The van der Waals surface area contributed by atoms with E-state index in [0.29, 0.717) is 0 Å². The van der Waals surface area contributed by atoms with Crippen LogP contribution in [-0.2, 0) is 4.79 Å². The van der Waals surface area contributed by atoms with Gasteiger partial charge < -0.3 is 15.5 Å². The molecule has 1 aliphatic rings. The normalized spacial score (nSPS) is 13.2. The SMILES string of the molecule is CC(=O)Nc1ccc(Sc2ccccc2C=CC2=CNCN(C)c3ccccc32)cc1. The number of fused-ring (bicyclic) bond motifs is 1. The Morgan fingerprint density at radius 1 is 1.00 bits per heavy atom. The maximum Gasteiger partial charge on any atom is 0.221 e. The van der Waals surface area contributed by atoms with Gasteiger partial charge in [-0.1, -0.05) is 60.3 Å². The number of benzene rings is 3. The van der Waals surface area contributed by atoms with Crippen molar-refractivity contribution in [1.82, 2.24) is 5.32 Å². The maximum atomic E-state index is 11.2. The minimum absolute atomic E-state index is 0.0639. The zero-order valence-electron chi connectivity index (χ0n) is 17.6. The van der Waals surface area contributed by atoms with E-state index in [2.05, 4.69) is 89.5 Å². The molecule has 1 heterocycles. The summed E-state index contributed by atoms with van der Waals surface area (Å²) in [6.07, 6.45) is 6.42. The number of nitrogens with one attached hydrogen (secondary N) is 2. The Balaban J connectivity index is 1.57. The van der Waals surface area contributed by atoms with Crippen LogP contribution in [0.2, 0.25) is 0 Å². The summed E-state index contributed by atoms with van der Waals surface area (Å²) in [6.45, 7) is 2.29. The van der Waals surface area contributed by atoms with Crippen molar-refractivity contribution in [2.75, 3.05) is 23.9 Å². The molecule has 0 fully saturated rings. The molecule has 0 aromatic heterocycles. The van der Waals surface area contributed by atoms with Crippen LogP contribution in [0.3, 0.4) is 0 Å². The van der Waals surface area contributed by atoms with Gasteiger partial charge in [0.25, 0.3) is 0 Å². The fraction of sp³-hybridized carbons (Fsp3) is 0.115. The molecular formula is C26H25N3OS. The number of para-hydroxylation sites is 1. The van der Waals surface area contributed by atoms with E-state index in [0.717, 1.165) is 28.4 Å². The van der Waals surface area contributed by atoms with Gasteiger partial charge in [0.1, 0.15) is 0 Å². The molecule has 0 saturated heterocycles. The van der Waals surface area contributed by atoms with Crippen molar-refractivity contribution in [1.29, 1.82) is 0 Å². The topological polar surface area (TPSA) is 44.4 Å². The van der Waals surface area contributed by atoms with Crippen molar-refractivity contribution in [3.63, 3.8) is 0 Å². The summed E-state index contributed by atoms with van der Waals surface area (Å²) in [5.74, 6) is -0.0639. The predicted molar refractivity (Wildman–Crippen MR) is 131 cm³/mol. The molecule has 0 aliphatic carbocycles. The number of hydrogen-bond acceptors (Lipinski definition) is 4. The third-order valence-corrected chi connectivity index (χ3v) is 6.08. The highest BCUT2D eigenvalue weighted by Crippen LogP contribution is 2.33. The van der Waals surface area contributed by atoms with Crippen LogP contribution in [-0.4, -0.2) is 19.6 Å². The van der Waals surface area contributed by atoms with E-state index >= 15 is 0 Å². The number of rotatable bonds is 5. The Morgan fingerprint density at radius 3 is 2.55 bits per heavy atom. The summed E-state index contributed by atoms with van der Waals surface area (Å²) < 4.78 is 0. The fourth-order valence-corrected chi connectivity index (χ4v) is 4.40. The first-order valence-electron chi connectivity index (χ1n) is 10.2. The standard InChI is InChI=1S/C26H25N3OS/c1-19(30)28-22-13-15-23(16-14-22)31-26-10-6-3-7-20(26)11-12-21-17-27-18-29(2)25-9-5-4-8-24(21)25/h3-17,27H,18H2,1-2H3,(H,28,30). The van der Waals surface area contributed by atoms with E-state index in [-0.39, 0.29) is 5.91 Å². The molecule has 31 heavy (non-hydrogen) atoms. The molecule has 0 atom stereocenters. The van der Waals surface area contributed by atoms with Crippen LogP contribution in [0.1, 0.15) is 18.1 Å². The van der Waals surface area contributed by atoms with Crippen LogP contribution in [0, 0.1) is 0 Å². The lowest BCUT2D eigenvalue weighted by Gasteiger charge is -2.19. The molecule has 0 radical (unpaired) electrons. The summed E-state index contributed by atoms with van der Waals surface area (Å²) in [5, 5.41) is 6.19. The van der Waals surface area contributed by atoms with Crippen LogP contribution in [0.15, 0.2) is 94.9 Å². The summed E-state index contributed by atoms with van der Waals surface area (Å²) in [7, 11) is 2.09. The predicted octanol–water partition coefficient (Wildman–Crippen LogP) is 5.85. The molecule has 156 valence electrons. The highest BCUT2D eigenvalue weighted by molar-refractivity contribution is 7.99. The average molecular weight is 428 g/mol. The highest BCUT2D eigenvalue weighted by atomic mass is 32.2. The van der Waals surface area contributed by atoms with Crippen molar-refractivity contribution in [3.05, 3.63) is 96.2 Å². The lowest BCUT2D eigenvalue weighted by molar-refractivity contribution is -0.114. The molecule has 5 heteroatoms. The minimum Gasteiger partial charge on any atom is -0.373 e. The molecule has 4 nitrogen and oxygen atoms in total. The van der Waals surface area contributed by atoms with Crippen LogP contribution < -0.4 is 15.5 Å². The van der Waals surface area contributed by atoms with Gasteiger partial charge in [0.2, 0.25) is 5.91 Å². The zero-order valence-corrected chi connectivity index (χ0v) is 18.4. The van der Waals surface area contributed by atoms with E-state index in [1.54, 1.807) is 11.8 Å². The average Bonchev–Trinajstić information content (AvgIpc) is 2.93. The molecule has 1 amide bonds. The Bertz CT molecular complexity index is 1140. The molecule has 0 unspecified atom stereocenters. The van der Waals surface area contributed by atoms with Crippen molar-refractivity contribution in [2.24, 2.45) is 0 Å². The first-order valence-corrected chi connectivity index (χ1v) is 11.0. The monoisotopic (exact) mass is 427 g/mol. The number of hydrogen-bond donors (Lipinski definition) is 2. The van der Waals surface area contributed by atoms with E-state index < -0.39 is 0 Å². The number of allylic oxidation sites excluding steroid dienone is 2. The van der Waals surface area contributed by atoms with Crippen molar-refractivity contribution >= 4 is 40.7 Å². The van der Waals surface area contributed by atoms with Gasteiger partial charge in [-0.15, -0.1) is 0 Å². The van der Waals surface area contributed by atoms with Crippen LogP contribution >= 0.6 is 11.8 Å². The molecule has 0 bridgehead atoms. The van der Waals surface area contributed by atoms with Gasteiger partial charge in [-0.2, -0.15) is 0 Å². The van der Waals surface area contributed by atoms with Crippen molar-refractivity contribution < 1.29 is 4.79 Å². The second-order valence-corrected chi connectivity index (χ2v) is 8.47. The summed E-state index contributed by atoms with van der Waals surface area (Å²) in [6, 6.07) is 24.8. The molecule has 0 saturated carbocycles.